The lowest BCUT2D eigenvalue weighted by atomic mass is 10.2. The summed E-state index contributed by atoms with van der Waals surface area (Å²) >= 11 is 5.69. The lowest BCUT2D eigenvalue weighted by molar-refractivity contribution is 0.0697. The second-order valence-electron chi connectivity index (χ2n) is 3.90. The van der Waals surface area contributed by atoms with Crippen LogP contribution < -0.4 is 4.72 Å². The Morgan fingerprint density at radius 1 is 1.45 bits per heavy atom. The van der Waals surface area contributed by atoms with Crippen molar-refractivity contribution in [3.63, 3.8) is 0 Å². The predicted octanol–water partition coefficient (Wildman–Crippen LogP) is 1.74. The second-order valence-corrected chi connectivity index (χ2v) is 6.07. The van der Waals surface area contributed by atoms with Gasteiger partial charge in [0.05, 0.1) is 15.5 Å². The van der Waals surface area contributed by atoms with Crippen LogP contribution in [0.15, 0.2) is 23.1 Å². The van der Waals surface area contributed by atoms with Crippen LogP contribution in [0.4, 0.5) is 0 Å². The second kappa shape index (κ2) is 7.58. The molecule has 0 aliphatic rings. The summed E-state index contributed by atoms with van der Waals surface area (Å²) in [6.07, 6.45) is 0.534. The van der Waals surface area contributed by atoms with E-state index in [4.69, 9.17) is 21.4 Å². The summed E-state index contributed by atoms with van der Waals surface area (Å²) in [7, 11) is -3.75. The normalized spacial score (nSPS) is 11.5. The van der Waals surface area contributed by atoms with Gasteiger partial charge in [-0.15, -0.1) is 0 Å². The smallest absolute Gasteiger partial charge is 0.337 e. The summed E-state index contributed by atoms with van der Waals surface area (Å²) < 4.78 is 31.4. The van der Waals surface area contributed by atoms with E-state index in [1.165, 1.54) is 12.1 Å². The van der Waals surface area contributed by atoms with E-state index in [9.17, 15) is 13.2 Å². The van der Waals surface area contributed by atoms with Crippen LogP contribution in [-0.4, -0.2) is 39.3 Å². The van der Waals surface area contributed by atoms with Gasteiger partial charge in [0.15, 0.2) is 0 Å². The van der Waals surface area contributed by atoms with E-state index < -0.39 is 16.0 Å². The molecule has 0 amide bonds. The quantitative estimate of drug-likeness (QED) is 0.711. The van der Waals surface area contributed by atoms with Gasteiger partial charge in [-0.3, -0.25) is 0 Å². The van der Waals surface area contributed by atoms with Gasteiger partial charge in [0.2, 0.25) is 10.0 Å². The number of carboxylic acids is 1. The molecule has 1 aromatic carbocycles. The van der Waals surface area contributed by atoms with Crippen molar-refractivity contribution in [1.29, 1.82) is 0 Å². The highest BCUT2D eigenvalue weighted by molar-refractivity contribution is 7.89. The number of hydrogen-bond donors (Lipinski definition) is 2. The lowest BCUT2D eigenvalue weighted by Crippen LogP contribution is -2.25. The van der Waals surface area contributed by atoms with Gasteiger partial charge >= 0.3 is 5.97 Å². The van der Waals surface area contributed by atoms with Crippen molar-refractivity contribution >= 4 is 27.6 Å². The molecule has 20 heavy (non-hydrogen) atoms. The molecule has 0 aliphatic heterocycles. The number of nitrogens with one attached hydrogen (secondary N) is 1. The highest BCUT2D eigenvalue weighted by Gasteiger charge is 2.17. The van der Waals surface area contributed by atoms with Crippen molar-refractivity contribution in [2.75, 3.05) is 19.8 Å². The Labute approximate surface area is 122 Å². The largest absolute Gasteiger partial charge is 0.478 e. The Bertz CT molecular complexity index is 573. The monoisotopic (exact) mass is 321 g/mol. The van der Waals surface area contributed by atoms with E-state index in [-0.39, 0.29) is 22.0 Å². The fraction of sp³-hybridized carbons (Fsp3) is 0.417. The van der Waals surface area contributed by atoms with Crippen LogP contribution in [0.5, 0.6) is 0 Å². The molecule has 8 heteroatoms. The first-order valence-electron chi connectivity index (χ1n) is 5.98. The van der Waals surface area contributed by atoms with Crippen LogP contribution in [0.3, 0.4) is 0 Å². The first-order valence-corrected chi connectivity index (χ1v) is 7.85. The Hall–Kier alpha value is -1.15. The number of carbonyl (C=O) groups is 1. The van der Waals surface area contributed by atoms with Crippen molar-refractivity contribution in [2.45, 2.75) is 18.2 Å². The first-order chi connectivity index (χ1) is 9.38. The van der Waals surface area contributed by atoms with E-state index in [1.54, 1.807) is 0 Å². The molecule has 2 N–H and O–H groups in total. The molecule has 0 saturated carbocycles. The maximum Gasteiger partial charge on any atom is 0.337 e. The van der Waals surface area contributed by atoms with Gasteiger partial charge in [-0.1, -0.05) is 11.6 Å². The molecule has 112 valence electrons. The molecule has 0 saturated heterocycles. The van der Waals surface area contributed by atoms with Gasteiger partial charge in [0.25, 0.3) is 0 Å². The molecule has 0 unspecified atom stereocenters. The average molecular weight is 322 g/mol. The van der Waals surface area contributed by atoms with Crippen LogP contribution in [0.25, 0.3) is 0 Å². The summed E-state index contributed by atoms with van der Waals surface area (Å²) in [6, 6.07) is 3.55. The van der Waals surface area contributed by atoms with Gasteiger partial charge < -0.3 is 9.84 Å². The zero-order valence-corrected chi connectivity index (χ0v) is 12.5. The van der Waals surface area contributed by atoms with E-state index in [2.05, 4.69) is 4.72 Å². The van der Waals surface area contributed by atoms with Crippen molar-refractivity contribution in [2.24, 2.45) is 0 Å². The molecule has 0 aliphatic carbocycles. The van der Waals surface area contributed by atoms with Crippen LogP contribution in [0.1, 0.15) is 23.7 Å². The fourth-order valence-corrected chi connectivity index (χ4v) is 2.74. The van der Waals surface area contributed by atoms with Crippen LogP contribution in [0, 0.1) is 0 Å². The van der Waals surface area contributed by atoms with E-state index in [0.717, 1.165) is 6.07 Å². The van der Waals surface area contributed by atoms with Crippen LogP contribution in [-0.2, 0) is 14.8 Å². The summed E-state index contributed by atoms with van der Waals surface area (Å²) in [5.74, 6) is -1.27. The van der Waals surface area contributed by atoms with Crippen molar-refractivity contribution in [1.82, 2.24) is 4.72 Å². The molecule has 0 radical (unpaired) electrons. The topological polar surface area (TPSA) is 92.7 Å². The van der Waals surface area contributed by atoms with Crippen molar-refractivity contribution < 1.29 is 23.1 Å². The number of carboxylic acid groups (broad SMARTS) is 1. The van der Waals surface area contributed by atoms with Crippen LogP contribution in [0.2, 0.25) is 5.02 Å². The molecular weight excluding hydrogens is 306 g/mol. The highest BCUT2D eigenvalue weighted by atomic mass is 35.5. The number of sulfonamides is 1. The van der Waals surface area contributed by atoms with Gasteiger partial charge in [-0.2, -0.15) is 0 Å². The summed E-state index contributed by atoms with van der Waals surface area (Å²) in [5.41, 5.74) is -0.246. The van der Waals surface area contributed by atoms with Crippen molar-refractivity contribution in [3.8, 4) is 0 Å². The van der Waals surface area contributed by atoms with Crippen molar-refractivity contribution in [3.05, 3.63) is 28.8 Å². The third kappa shape index (κ3) is 4.75. The highest BCUT2D eigenvalue weighted by Crippen LogP contribution is 2.20. The number of rotatable bonds is 8. The summed E-state index contributed by atoms with van der Waals surface area (Å²) in [6.45, 7) is 3.10. The zero-order valence-electron chi connectivity index (χ0n) is 10.9. The Kier molecular flexibility index (Phi) is 6.41. The molecule has 1 rings (SSSR count). The van der Waals surface area contributed by atoms with E-state index in [1.807, 2.05) is 6.92 Å². The summed E-state index contributed by atoms with van der Waals surface area (Å²) in [4.78, 5) is 10.8. The number of aromatic carboxylic acids is 1. The Morgan fingerprint density at radius 2 is 2.15 bits per heavy atom. The number of hydrogen-bond acceptors (Lipinski definition) is 4. The third-order valence-corrected chi connectivity index (χ3v) is 4.23. The van der Waals surface area contributed by atoms with Gasteiger partial charge in [-0.25, -0.2) is 17.9 Å². The zero-order chi connectivity index (χ0) is 15.2. The standard InChI is InChI=1S/C12H16ClNO5S/c1-2-19-7-3-6-14-20(17,18)9-4-5-11(13)10(8-9)12(15)16/h4-5,8,14H,2-3,6-7H2,1H3,(H,15,16). The third-order valence-electron chi connectivity index (χ3n) is 2.44. The maximum absolute atomic E-state index is 12.0. The van der Waals surface area contributed by atoms with E-state index >= 15 is 0 Å². The molecule has 1 aromatic rings. The Balaban J connectivity index is 2.77. The minimum Gasteiger partial charge on any atom is -0.478 e. The molecule has 0 atom stereocenters. The van der Waals surface area contributed by atoms with Gasteiger partial charge in [0.1, 0.15) is 0 Å². The number of benzene rings is 1. The maximum atomic E-state index is 12.0. The first kappa shape index (κ1) is 16.9. The average Bonchev–Trinajstić information content (AvgIpc) is 2.38. The summed E-state index contributed by atoms with van der Waals surface area (Å²) in [5, 5.41) is 8.91. The molecule has 0 aromatic heterocycles. The Morgan fingerprint density at radius 3 is 2.75 bits per heavy atom. The van der Waals surface area contributed by atoms with Gasteiger partial charge in [-0.05, 0) is 31.5 Å². The minimum absolute atomic E-state index is 0.00667. The predicted molar refractivity (Wildman–Crippen MR) is 74.7 cm³/mol. The van der Waals surface area contributed by atoms with Gasteiger partial charge in [0, 0.05) is 19.8 Å². The molecule has 0 heterocycles. The molecule has 0 bridgehead atoms. The SMILES string of the molecule is CCOCCCNS(=O)(=O)c1ccc(Cl)c(C(=O)O)c1. The molecule has 0 spiro atoms. The molecule has 6 nitrogen and oxygen atoms in total. The van der Waals surface area contributed by atoms with E-state index in [0.29, 0.717) is 19.6 Å². The minimum atomic E-state index is -3.75. The molecule has 0 fully saturated rings. The number of ether oxygens (including phenoxy) is 1. The van der Waals surface area contributed by atoms with Crippen LogP contribution >= 0.6 is 11.6 Å². The number of halogens is 1. The fourth-order valence-electron chi connectivity index (χ4n) is 1.44. The lowest BCUT2D eigenvalue weighted by Gasteiger charge is -2.08. The molecular formula is C12H16ClNO5S.